The van der Waals surface area contributed by atoms with Gasteiger partial charge in [0.05, 0.1) is 13.2 Å². The van der Waals surface area contributed by atoms with E-state index in [0.29, 0.717) is 43.2 Å². The second-order valence-corrected chi connectivity index (χ2v) is 5.26. The smallest absolute Gasteiger partial charge is 0.332 e. The number of nitrogens with two attached hydrogens (primary N) is 1. The summed E-state index contributed by atoms with van der Waals surface area (Å²) >= 11 is 0. The summed E-state index contributed by atoms with van der Waals surface area (Å²) in [6, 6.07) is -0.0728. The van der Waals surface area contributed by atoms with E-state index >= 15 is 0 Å². The van der Waals surface area contributed by atoms with Crippen molar-refractivity contribution in [2.24, 2.45) is 5.73 Å². The summed E-state index contributed by atoms with van der Waals surface area (Å²) in [7, 11) is 1.57. The molecule has 2 aromatic heterocycles. The number of methoxy groups -OCH3 is 1. The highest BCUT2D eigenvalue weighted by atomic mass is 16.5. The van der Waals surface area contributed by atoms with Crippen molar-refractivity contribution in [3.05, 3.63) is 26.7 Å². The maximum atomic E-state index is 12.7. The summed E-state index contributed by atoms with van der Waals surface area (Å²) in [6.07, 6.45) is 0. The number of hydrogen-bond acceptors (Lipinski definition) is 5. The number of ether oxygens (including phenoxy) is 1. The molecule has 8 heteroatoms. The van der Waals surface area contributed by atoms with Gasteiger partial charge in [-0.05, 0) is 20.8 Å². The van der Waals surface area contributed by atoms with Crippen molar-refractivity contribution in [3.63, 3.8) is 0 Å². The fraction of sp³-hybridized carbons (Fsp3) is 0.643. The van der Waals surface area contributed by atoms with Crippen LogP contribution in [0, 0.1) is 6.92 Å². The lowest BCUT2D eigenvalue weighted by Gasteiger charge is -2.15. The van der Waals surface area contributed by atoms with Crippen LogP contribution in [0.3, 0.4) is 0 Å². The summed E-state index contributed by atoms with van der Waals surface area (Å²) < 4.78 is 9.59. The van der Waals surface area contributed by atoms with Crippen LogP contribution < -0.4 is 17.0 Å². The molecule has 2 heterocycles. The van der Waals surface area contributed by atoms with Crippen molar-refractivity contribution in [1.82, 2.24) is 18.7 Å². The van der Waals surface area contributed by atoms with Crippen LogP contribution in [0.25, 0.3) is 11.2 Å². The molecule has 0 amide bonds. The number of rotatable bonds is 6. The molecule has 2 aromatic rings. The Labute approximate surface area is 128 Å². The monoisotopic (exact) mass is 309 g/mol. The van der Waals surface area contributed by atoms with Gasteiger partial charge in [-0.1, -0.05) is 0 Å². The van der Waals surface area contributed by atoms with E-state index < -0.39 is 0 Å². The van der Waals surface area contributed by atoms with Crippen molar-refractivity contribution in [2.75, 3.05) is 20.3 Å². The third-order valence-corrected chi connectivity index (χ3v) is 3.85. The van der Waals surface area contributed by atoms with Crippen molar-refractivity contribution >= 4 is 11.2 Å². The highest BCUT2D eigenvalue weighted by Gasteiger charge is 2.21. The van der Waals surface area contributed by atoms with Gasteiger partial charge in [-0.25, -0.2) is 9.78 Å². The van der Waals surface area contributed by atoms with Crippen LogP contribution in [0.4, 0.5) is 0 Å². The molecule has 1 atom stereocenters. The Morgan fingerprint density at radius 2 is 2.00 bits per heavy atom. The summed E-state index contributed by atoms with van der Waals surface area (Å²) in [4.78, 5) is 29.6. The fourth-order valence-electron chi connectivity index (χ4n) is 2.68. The van der Waals surface area contributed by atoms with Crippen LogP contribution in [0.2, 0.25) is 0 Å². The number of aromatic nitrogens is 4. The molecule has 1 unspecified atom stereocenters. The lowest BCUT2D eigenvalue weighted by atomic mass is 10.3. The minimum absolute atomic E-state index is 0.0728. The first-order valence-corrected chi connectivity index (χ1v) is 7.39. The van der Waals surface area contributed by atoms with Crippen LogP contribution in [0.1, 0.15) is 25.7 Å². The first kappa shape index (κ1) is 16.4. The van der Waals surface area contributed by atoms with E-state index in [1.54, 1.807) is 14.0 Å². The van der Waals surface area contributed by atoms with E-state index in [-0.39, 0.29) is 17.3 Å². The first-order valence-electron chi connectivity index (χ1n) is 7.39. The van der Waals surface area contributed by atoms with Gasteiger partial charge in [-0.15, -0.1) is 0 Å². The van der Waals surface area contributed by atoms with E-state index in [1.807, 2.05) is 18.4 Å². The molecule has 0 fully saturated rings. The van der Waals surface area contributed by atoms with E-state index in [4.69, 9.17) is 10.5 Å². The van der Waals surface area contributed by atoms with Gasteiger partial charge in [-0.2, -0.15) is 0 Å². The first-order chi connectivity index (χ1) is 10.5. The van der Waals surface area contributed by atoms with Gasteiger partial charge in [-0.3, -0.25) is 13.9 Å². The quantitative estimate of drug-likeness (QED) is 0.800. The molecule has 2 N–H and O–H groups in total. The molecule has 0 aromatic carbocycles. The summed E-state index contributed by atoms with van der Waals surface area (Å²) in [5, 5.41) is 0. The van der Waals surface area contributed by atoms with E-state index in [1.165, 1.54) is 9.13 Å². The summed E-state index contributed by atoms with van der Waals surface area (Å²) in [6.45, 7) is 6.92. The number of nitrogens with zero attached hydrogens (tertiary/aromatic N) is 4. The van der Waals surface area contributed by atoms with Crippen molar-refractivity contribution in [2.45, 2.75) is 39.9 Å². The molecule has 0 aliphatic heterocycles. The minimum Gasteiger partial charge on any atom is -0.383 e. The van der Waals surface area contributed by atoms with Gasteiger partial charge < -0.3 is 15.0 Å². The topological polar surface area (TPSA) is 97.1 Å². The summed E-state index contributed by atoms with van der Waals surface area (Å²) in [5.41, 5.74) is 5.89. The number of hydrogen-bond donors (Lipinski definition) is 1. The molecule has 0 aliphatic carbocycles. The fourth-order valence-corrected chi connectivity index (χ4v) is 2.68. The summed E-state index contributed by atoms with van der Waals surface area (Å²) in [5.74, 6) is 0.671. The third-order valence-electron chi connectivity index (χ3n) is 3.85. The van der Waals surface area contributed by atoms with Gasteiger partial charge >= 0.3 is 5.69 Å². The maximum absolute atomic E-state index is 12.7. The lowest BCUT2D eigenvalue weighted by molar-refractivity contribution is 0.186. The Morgan fingerprint density at radius 1 is 1.32 bits per heavy atom. The van der Waals surface area contributed by atoms with Gasteiger partial charge in [0.1, 0.15) is 5.82 Å². The standard InChI is InChI=1S/C14H23N5O3/c1-5-17-13(20)11-12(18(14(17)21)6-7-22-4)16-10(3)19(11)9(2)8-15/h9H,5-8,15H2,1-4H3. The number of aryl methyl sites for hydroxylation is 1. The number of fused-ring (bicyclic) bond motifs is 1. The highest BCUT2D eigenvalue weighted by molar-refractivity contribution is 5.71. The Kier molecular flexibility index (Phi) is 4.82. The molecule has 122 valence electrons. The minimum atomic E-state index is -0.359. The predicted molar refractivity (Wildman–Crippen MR) is 84.3 cm³/mol. The Balaban J connectivity index is 2.90. The van der Waals surface area contributed by atoms with Crippen LogP contribution in [0.15, 0.2) is 9.59 Å². The highest BCUT2D eigenvalue weighted by Crippen LogP contribution is 2.16. The zero-order valence-electron chi connectivity index (χ0n) is 13.5. The second kappa shape index (κ2) is 6.45. The molecule has 0 saturated carbocycles. The third kappa shape index (κ3) is 2.48. The predicted octanol–water partition coefficient (Wildman–Crippen LogP) is -0.146. The van der Waals surface area contributed by atoms with Crippen LogP contribution >= 0.6 is 0 Å². The average molecular weight is 309 g/mol. The van der Waals surface area contributed by atoms with Gasteiger partial charge in [0.25, 0.3) is 5.56 Å². The van der Waals surface area contributed by atoms with Crippen molar-refractivity contribution < 1.29 is 4.74 Å². The van der Waals surface area contributed by atoms with Gasteiger partial charge in [0.15, 0.2) is 11.2 Å². The molecule has 0 spiro atoms. The van der Waals surface area contributed by atoms with E-state index in [0.717, 1.165) is 0 Å². The van der Waals surface area contributed by atoms with Gasteiger partial charge in [0.2, 0.25) is 0 Å². The van der Waals surface area contributed by atoms with Crippen LogP contribution in [-0.2, 0) is 17.8 Å². The molecule has 0 aliphatic rings. The molecule has 8 nitrogen and oxygen atoms in total. The van der Waals surface area contributed by atoms with Crippen molar-refractivity contribution in [1.29, 1.82) is 0 Å². The molecular formula is C14H23N5O3. The Bertz CT molecular complexity index is 786. The lowest BCUT2D eigenvalue weighted by Crippen LogP contribution is -2.41. The molecule has 22 heavy (non-hydrogen) atoms. The Morgan fingerprint density at radius 3 is 2.55 bits per heavy atom. The largest absolute Gasteiger partial charge is 0.383 e. The van der Waals surface area contributed by atoms with E-state index in [2.05, 4.69) is 4.98 Å². The molecule has 0 radical (unpaired) electrons. The maximum Gasteiger partial charge on any atom is 0.332 e. The van der Waals surface area contributed by atoms with Crippen LogP contribution in [0.5, 0.6) is 0 Å². The number of imidazole rings is 1. The molecular weight excluding hydrogens is 286 g/mol. The second-order valence-electron chi connectivity index (χ2n) is 5.26. The average Bonchev–Trinajstić information content (AvgIpc) is 2.84. The normalized spacial score (nSPS) is 13.0. The van der Waals surface area contributed by atoms with Crippen LogP contribution in [-0.4, -0.2) is 38.9 Å². The zero-order valence-corrected chi connectivity index (χ0v) is 13.5. The molecule has 2 rings (SSSR count). The molecule has 0 bridgehead atoms. The van der Waals surface area contributed by atoms with E-state index in [9.17, 15) is 9.59 Å². The zero-order chi connectivity index (χ0) is 16.4. The Hall–Kier alpha value is -1.93. The molecule has 0 saturated heterocycles. The van der Waals surface area contributed by atoms with Crippen molar-refractivity contribution in [3.8, 4) is 0 Å². The van der Waals surface area contributed by atoms with Gasteiger partial charge in [0, 0.05) is 26.2 Å². The SMILES string of the molecule is CCn1c(=O)c2c(nc(C)n2C(C)CN)n(CCOC)c1=O.